The lowest BCUT2D eigenvalue weighted by Gasteiger charge is -2.11. The highest BCUT2D eigenvalue weighted by molar-refractivity contribution is 7.14. The number of nitrogens with two attached hydrogens (primary N) is 1. The van der Waals surface area contributed by atoms with E-state index in [1.165, 1.54) is 11.3 Å². The zero-order chi connectivity index (χ0) is 12.4. The fraction of sp³-hybridized carbons (Fsp3) is 0.250. The molecule has 0 aliphatic carbocycles. The van der Waals surface area contributed by atoms with E-state index in [1.54, 1.807) is 17.4 Å². The van der Waals surface area contributed by atoms with E-state index in [1.807, 2.05) is 30.7 Å². The lowest BCUT2D eigenvalue weighted by atomic mass is 10.2. The normalized spacial score (nSPS) is 12.4. The first-order valence-electron chi connectivity index (χ1n) is 5.27. The number of nitrogens with one attached hydrogen (secondary N) is 1. The maximum absolute atomic E-state index is 12.0. The Morgan fingerprint density at radius 3 is 2.82 bits per heavy atom. The average molecular weight is 266 g/mol. The summed E-state index contributed by atoms with van der Waals surface area (Å²) in [5.74, 6) is -0.0616. The molecule has 5 heteroatoms. The Kier molecular flexibility index (Phi) is 3.49. The molecule has 1 unspecified atom stereocenters. The van der Waals surface area contributed by atoms with E-state index in [4.69, 9.17) is 5.73 Å². The van der Waals surface area contributed by atoms with E-state index >= 15 is 0 Å². The Bertz CT molecular complexity index is 497. The molecule has 0 fully saturated rings. The Balaban J connectivity index is 2.07. The van der Waals surface area contributed by atoms with Crippen molar-refractivity contribution in [1.29, 1.82) is 0 Å². The first-order chi connectivity index (χ1) is 8.08. The minimum absolute atomic E-state index is 0.0254. The standard InChI is InChI=1S/C12H14N2OS2/c1-7(9-3-4-16-6-9)14-12(15)11-5-10(13)8(2)17-11/h3-7H,13H2,1-2H3,(H,14,15). The van der Waals surface area contributed by atoms with Gasteiger partial charge >= 0.3 is 0 Å². The summed E-state index contributed by atoms with van der Waals surface area (Å²) in [7, 11) is 0. The number of carbonyl (C=O) groups is 1. The minimum atomic E-state index is -0.0616. The van der Waals surface area contributed by atoms with Gasteiger partial charge in [0.1, 0.15) is 0 Å². The van der Waals surface area contributed by atoms with Crippen LogP contribution < -0.4 is 11.1 Å². The van der Waals surface area contributed by atoms with Crippen LogP contribution in [0.25, 0.3) is 0 Å². The molecule has 0 aromatic carbocycles. The molecule has 0 saturated carbocycles. The summed E-state index contributed by atoms with van der Waals surface area (Å²) in [4.78, 5) is 13.6. The maximum Gasteiger partial charge on any atom is 0.261 e. The number of anilines is 1. The van der Waals surface area contributed by atoms with Crippen LogP contribution in [-0.2, 0) is 0 Å². The number of amides is 1. The molecule has 17 heavy (non-hydrogen) atoms. The third-order valence-corrected chi connectivity index (χ3v) is 4.34. The molecule has 3 nitrogen and oxygen atoms in total. The molecule has 0 spiro atoms. The van der Waals surface area contributed by atoms with Gasteiger partial charge in [-0.2, -0.15) is 11.3 Å². The molecule has 1 atom stereocenters. The van der Waals surface area contributed by atoms with Gasteiger partial charge in [-0.1, -0.05) is 0 Å². The van der Waals surface area contributed by atoms with Crippen LogP contribution in [0.1, 0.15) is 33.1 Å². The molecule has 0 radical (unpaired) electrons. The minimum Gasteiger partial charge on any atom is -0.398 e. The molecule has 2 aromatic rings. The SMILES string of the molecule is Cc1sc(C(=O)NC(C)c2ccsc2)cc1N. The van der Waals surface area contributed by atoms with Crippen molar-refractivity contribution in [2.24, 2.45) is 0 Å². The lowest BCUT2D eigenvalue weighted by molar-refractivity contribution is 0.0944. The van der Waals surface area contributed by atoms with Crippen molar-refractivity contribution < 1.29 is 4.79 Å². The first kappa shape index (κ1) is 12.1. The van der Waals surface area contributed by atoms with Crippen LogP contribution >= 0.6 is 22.7 Å². The van der Waals surface area contributed by atoms with E-state index in [0.717, 1.165) is 10.4 Å². The van der Waals surface area contributed by atoms with Crippen molar-refractivity contribution in [3.05, 3.63) is 38.2 Å². The number of carbonyl (C=O) groups excluding carboxylic acids is 1. The molecule has 0 saturated heterocycles. The molecular weight excluding hydrogens is 252 g/mol. The Morgan fingerprint density at radius 1 is 1.53 bits per heavy atom. The number of rotatable bonds is 3. The van der Waals surface area contributed by atoms with Crippen LogP contribution in [-0.4, -0.2) is 5.91 Å². The Labute approximate surface area is 108 Å². The number of thiophene rings is 2. The maximum atomic E-state index is 12.0. The summed E-state index contributed by atoms with van der Waals surface area (Å²) >= 11 is 3.06. The predicted molar refractivity (Wildman–Crippen MR) is 73.7 cm³/mol. The highest BCUT2D eigenvalue weighted by Gasteiger charge is 2.14. The van der Waals surface area contributed by atoms with E-state index < -0.39 is 0 Å². The van der Waals surface area contributed by atoms with Gasteiger partial charge in [0, 0.05) is 10.6 Å². The summed E-state index contributed by atoms with van der Waals surface area (Å²) in [5, 5.41) is 7.01. The highest BCUT2D eigenvalue weighted by Crippen LogP contribution is 2.24. The van der Waals surface area contributed by atoms with Gasteiger partial charge in [-0.25, -0.2) is 0 Å². The lowest BCUT2D eigenvalue weighted by Crippen LogP contribution is -2.25. The van der Waals surface area contributed by atoms with Crippen molar-refractivity contribution >= 4 is 34.3 Å². The van der Waals surface area contributed by atoms with Crippen LogP contribution in [0.15, 0.2) is 22.9 Å². The van der Waals surface area contributed by atoms with E-state index in [9.17, 15) is 4.79 Å². The van der Waals surface area contributed by atoms with Gasteiger partial charge < -0.3 is 11.1 Å². The van der Waals surface area contributed by atoms with Crippen LogP contribution in [0.4, 0.5) is 5.69 Å². The van der Waals surface area contributed by atoms with Gasteiger partial charge in [0.25, 0.3) is 5.91 Å². The predicted octanol–water partition coefficient (Wildman–Crippen LogP) is 3.19. The molecular formula is C12H14N2OS2. The van der Waals surface area contributed by atoms with E-state index in [-0.39, 0.29) is 11.9 Å². The molecule has 0 aliphatic heterocycles. The van der Waals surface area contributed by atoms with Crippen LogP contribution in [0.3, 0.4) is 0 Å². The summed E-state index contributed by atoms with van der Waals surface area (Å²) in [6.45, 7) is 3.89. The molecule has 1 amide bonds. The average Bonchev–Trinajstić information content (AvgIpc) is 2.89. The summed E-state index contributed by atoms with van der Waals surface area (Å²) in [5.41, 5.74) is 7.55. The van der Waals surface area contributed by atoms with Gasteiger partial charge in [0.05, 0.1) is 10.9 Å². The molecule has 2 aromatic heterocycles. The fourth-order valence-electron chi connectivity index (χ4n) is 1.48. The van der Waals surface area contributed by atoms with Crippen molar-refractivity contribution in [1.82, 2.24) is 5.32 Å². The summed E-state index contributed by atoms with van der Waals surface area (Å²) < 4.78 is 0. The molecule has 0 bridgehead atoms. The van der Waals surface area contributed by atoms with Gasteiger partial charge in [0.2, 0.25) is 0 Å². The van der Waals surface area contributed by atoms with Crippen LogP contribution in [0, 0.1) is 6.92 Å². The molecule has 3 N–H and O–H groups in total. The summed E-state index contributed by atoms with van der Waals surface area (Å²) in [6.07, 6.45) is 0. The van der Waals surface area contributed by atoms with Gasteiger partial charge in [0.15, 0.2) is 0 Å². The number of hydrogen-bond acceptors (Lipinski definition) is 4. The highest BCUT2D eigenvalue weighted by atomic mass is 32.1. The zero-order valence-electron chi connectivity index (χ0n) is 9.69. The summed E-state index contributed by atoms with van der Waals surface area (Å²) in [6, 6.07) is 3.77. The second-order valence-corrected chi connectivity index (χ2v) is 5.91. The van der Waals surface area contributed by atoms with Crippen molar-refractivity contribution in [3.8, 4) is 0 Å². The van der Waals surface area contributed by atoms with Crippen LogP contribution in [0.5, 0.6) is 0 Å². The first-order valence-corrected chi connectivity index (χ1v) is 7.02. The molecule has 2 heterocycles. The molecule has 0 aliphatic rings. The van der Waals surface area contributed by atoms with Crippen LogP contribution in [0.2, 0.25) is 0 Å². The van der Waals surface area contributed by atoms with Crippen molar-refractivity contribution in [2.45, 2.75) is 19.9 Å². The zero-order valence-corrected chi connectivity index (χ0v) is 11.3. The number of aryl methyl sites for hydroxylation is 1. The monoisotopic (exact) mass is 266 g/mol. The topological polar surface area (TPSA) is 55.1 Å². The third-order valence-electron chi connectivity index (χ3n) is 2.57. The Morgan fingerprint density at radius 2 is 2.29 bits per heavy atom. The third kappa shape index (κ3) is 2.68. The van der Waals surface area contributed by atoms with E-state index in [0.29, 0.717) is 10.6 Å². The van der Waals surface area contributed by atoms with Gasteiger partial charge in [-0.15, -0.1) is 11.3 Å². The second kappa shape index (κ2) is 4.89. The smallest absolute Gasteiger partial charge is 0.261 e. The largest absolute Gasteiger partial charge is 0.398 e. The Hall–Kier alpha value is -1.33. The van der Waals surface area contributed by atoms with Crippen molar-refractivity contribution in [2.75, 3.05) is 5.73 Å². The molecule has 2 rings (SSSR count). The van der Waals surface area contributed by atoms with Crippen molar-refractivity contribution in [3.63, 3.8) is 0 Å². The van der Waals surface area contributed by atoms with E-state index in [2.05, 4.69) is 5.32 Å². The van der Waals surface area contributed by atoms with Gasteiger partial charge in [-0.05, 0) is 42.3 Å². The fourth-order valence-corrected chi connectivity index (χ4v) is 3.08. The quantitative estimate of drug-likeness (QED) is 0.896. The number of hydrogen-bond donors (Lipinski definition) is 2. The van der Waals surface area contributed by atoms with Gasteiger partial charge in [-0.3, -0.25) is 4.79 Å². The number of nitrogen functional groups attached to an aromatic ring is 1. The molecule has 90 valence electrons. The second-order valence-electron chi connectivity index (χ2n) is 3.87.